The number of hydrogen-bond donors (Lipinski definition) is 2. The molecule has 2 unspecified atom stereocenters. The van der Waals surface area contributed by atoms with Crippen molar-refractivity contribution in [2.45, 2.75) is 31.9 Å². The number of nitrogens with one attached hydrogen (secondary N) is 1. The molecule has 0 spiro atoms. The molecule has 0 aliphatic heterocycles. The number of hydrogen-bond acceptors (Lipinski definition) is 4. The van der Waals surface area contributed by atoms with Gasteiger partial charge in [-0.1, -0.05) is 19.4 Å². The van der Waals surface area contributed by atoms with Crippen molar-refractivity contribution in [3.05, 3.63) is 22.4 Å². The monoisotopic (exact) mass is 243 g/mol. The van der Waals surface area contributed by atoms with E-state index in [0.29, 0.717) is 19.2 Å². The van der Waals surface area contributed by atoms with E-state index in [4.69, 9.17) is 4.74 Å². The molecule has 1 aromatic heterocycles. The highest BCUT2D eigenvalue weighted by molar-refractivity contribution is 7.10. The van der Waals surface area contributed by atoms with Crippen LogP contribution in [-0.2, 0) is 4.74 Å². The largest absolute Gasteiger partial charge is 0.389 e. The summed E-state index contributed by atoms with van der Waals surface area (Å²) in [6, 6.07) is 4.56. The molecule has 0 aliphatic rings. The molecule has 0 aliphatic carbocycles. The molecule has 1 heterocycles. The van der Waals surface area contributed by atoms with Gasteiger partial charge in [0.25, 0.3) is 0 Å². The van der Waals surface area contributed by atoms with Crippen molar-refractivity contribution < 1.29 is 9.84 Å². The van der Waals surface area contributed by atoms with Crippen molar-refractivity contribution in [3.63, 3.8) is 0 Å². The van der Waals surface area contributed by atoms with E-state index in [2.05, 4.69) is 29.8 Å². The van der Waals surface area contributed by atoms with Crippen molar-refractivity contribution in [2.24, 2.45) is 0 Å². The number of methoxy groups -OCH3 is 1. The fourth-order valence-corrected chi connectivity index (χ4v) is 2.49. The Morgan fingerprint density at radius 3 is 2.94 bits per heavy atom. The smallest absolute Gasteiger partial charge is 0.0897 e. The van der Waals surface area contributed by atoms with Gasteiger partial charge in [0.2, 0.25) is 0 Å². The Morgan fingerprint density at radius 2 is 2.38 bits per heavy atom. The van der Waals surface area contributed by atoms with Crippen molar-refractivity contribution in [1.82, 2.24) is 5.32 Å². The summed E-state index contributed by atoms with van der Waals surface area (Å²) in [5.74, 6) is 0. The molecule has 0 aromatic carbocycles. The summed E-state index contributed by atoms with van der Waals surface area (Å²) in [7, 11) is 1.60. The Morgan fingerprint density at radius 1 is 1.56 bits per heavy atom. The minimum atomic E-state index is -0.427. The SMILES string of the molecule is CCCC(NCC(O)COC)c1cccs1. The lowest BCUT2D eigenvalue weighted by Crippen LogP contribution is -2.32. The van der Waals surface area contributed by atoms with Gasteiger partial charge in [-0.25, -0.2) is 0 Å². The summed E-state index contributed by atoms with van der Waals surface area (Å²) in [5.41, 5.74) is 0. The minimum absolute atomic E-state index is 0.358. The highest BCUT2D eigenvalue weighted by atomic mass is 32.1. The van der Waals surface area contributed by atoms with Crippen LogP contribution in [-0.4, -0.2) is 31.5 Å². The zero-order valence-corrected chi connectivity index (χ0v) is 10.8. The van der Waals surface area contributed by atoms with Crippen LogP contribution in [0.25, 0.3) is 0 Å². The van der Waals surface area contributed by atoms with Crippen LogP contribution < -0.4 is 5.32 Å². The standard InChI is InChI=1S/C12H21NO2S/c1-3-5-11(12-6-4-7-16-12)13-8-10(14)9-15-2/h4,6-7,10-11,13-14H,3,5,8-9H2,1-2H3. The summed E-state index contributed by atoms with van der Waals surface area (Å²) >= 11 is 1.76. The molecular formula is C12H21NO2S. The van der Waals surface area contributed by atoms with E-state index in [-0.39, 0.29) is 0 Å². The molecule has 0 amide bonds. The number of aliphatic hydroxyl groups is 1. The summed E-state index contributed by atoms with van der Waals surface area (Å²) in [5, 5.41) is 15.1. The van der Waals surface area contributed by atoms with Gasteiger partial charge in [-0.2, -0.15) is 0 Å². The van der Waals surface area contributed by atoms with Gasteiger partial charge in [-0.05, 0) is 17.9 Å². The third kappa shape index (κ3) is 4.61. The van der Waals surface area contributed by atoms with Gasteiger partial charge >= 0.3 is 0 Å². The molecule has 0 saturated carbocycles. The molecule has 0 radical (unpaired) electrons. The van der Waals surface area contributed by atoms with Crippen molar-refractivity contribution in [2.75, 3.05) is 20.3 Å². The summed E-state index contributed by atoms with van der Waals surface area (Å²) in [6.45, 7) is 3.14. The van der Waals surface area contributed by atoms with Gasteiger partial charge in [-0.15, -0.1) is 11.3 Å². The van der Waals surface area contributed by atoms with E-state index in [0.717, 1.165) is 12.8 Å². The molecule has 2 N–H and O–H groups in total. The molecule has 4 heteroatoms. The highest BCUT2D eigenvalue weighted by Crippen LogP contribution is 2.22. The Kier molecular flexibility index (Phi) is 6.64. The summed E-state index contributed by atoms with van der Waals surface area (Å²) in [4.78, 5) is 1.34. The topological polar surface area (TPSA) is 41.5 Å². The second-order valence-corrected chi connectivity index (χ2v) is 4.85. The molecule has 0 fully saturated rings. The van der Waals surface area contributed by atoms with Crippen molar-refractivity contribution >= 4 is 11.3 Å². The van der Waals surface area contributed by atoms with E-state index >= 15 is 0 Å². The van der Waals surface area contributed by atoms with Gasteiger partial charge in [0.15, 0.2) is 0 Å². The molecule has 2 atom stereocenters. The van der Waals surface area contributed by atoms with Crippen LogP contribution in [0.3, 0.4) is 0 Å². The second-order valence-electron chi connectivity index (χ2n) is 3.87. The van der Waals surface area contributed by atoms with E-state index in [1.54, 1.807) is 18.4 Å². The lowest BCUT2D eigenvalue weighted by atomic mass is 10.1. The average Bonchev–Trinajstić information content (AvgIpc) is 2.78. The van der Waals surface area contributed by atoms with E-state index in [1.807, 2.05) is 0 Å². The van der Waals surface area contributed by atoms with Gasteiger partial charge in [-0.3, -0.25) is 0 Å². The summed E-state index contributed by atoms with van der Waals surface area (Å²) < 4.78 is 4.90. The lowest BCUT2D eigenvalue weighted by Gasteiger charge is -2.19. The van der Waals surface area contributed by atoms with E-state index < -0.39 is 6.10 Å². The third-order valence-corrected chi connectivity index (χ3v) is 3.41. The van der Waals surface area contributed by atoms with E-state index in [1.165, 1.54) is 4.88 Å². The first-order valence-corrected chi connectivity index (χ1v) is 6.59. The van der Waals surface area contributed by atoms with Crippen LogP contribution in [0.15, 0.2) is 17.5 Å². The Bertz CT molecular complexity index is 264. The lowest BCUT2D eigenvalue weighted by molar-refractivity contribution is 0.0625. The first kappa shape index (κ1) is 13.6. The maximum absolute atomic E-state index is 9.58. The fraction of sp³-hybridized carbons (Fsp3) is 0.667. The predicted octanol–water partition coefficient (Wildman–Crippen LogP) is 2.19. The van der Waals surface area contributed by atoms with Gasteiger partial charge in [0.05, 0.1) is 12.7 Å². The van der Waals surface area contributed by atoms with Crippen LogP contribution in [0, 0.1) is 0 Å². The molecule has 1 aromatic rings. The van der Waals surface area contributed by atoms with Gasteiger partial charge in [0.1, 0.15) is 0 Å². The van der Waals surface area contributed by atoms with Crippen LogP contribution in [0.2, 0.25) is 0 Å². The molecule has 16 heavy (non-hydrogen) atoms. The second kappa shape index (κ2) is 7.79. The average molecular weight is 243 g/mol. The van der Waals surface area contributed by atoms with Crippen molar-refractivity contribution in [1.29, 1.82) is 0 Å². The molecule has 3 nitrogen and oxygen atoms in total. The maximum Gasteiger partial charge on any atom is 0.0897 e. The zero-order chi connectivity index (χ0) is 11.8. The quantitative estimate of drug-likeness (QED) is 0.735. The summed E-state index contributed by atoms with van der Waals surface area (Å²) in [6.07, 6.45) is 1.81. The number of rotatable bonds is 8. The first-order chi connectivity index (χ1) is 7.77. The normalized spacial score (nSPS) is 14.9. The van der Waals surface area contributed by atoms with Crippen LogP contribution >= 0.6 is 11.3 Å². The predicted molar refractivity (Wildman–Crippen MR) is 67.9 cm³/mol. The third-order valence-electron chi connectivity index (χ3n) is 2.42. The highest BCUT2D eigenvalue weighted by Gasteiger charge is 2.12. The van der Waals surface area contributed by atoms with Crippen LogP contribution in [0.4, 0.5) is 0 Å². The Labute approximate surface area is 101 Å². The maximum atomic E-state index is 9.58. The molecule has 92 valence electrons. The number of ether oxygens (including phenoxy) is 1. The van der Waals surface area contributed by atoms with Gasteiger partial charge in [0, 0.05) is 24.6 Å². The zero-order valence-electron chi connectivity index (χ0n) is 9.98. The first-order valence-electron chi connectivity index (χ1n) is 5.71. The number of aliphatic hydroxyl groups excluding tert-OH is 1. The molecular weight excluding hydrogens is 222 g/mol. The molecule has 0 saturated heterocycles. The molecule has 0 bridgehead atoms. The fourth-order valence-electron chi connectivity index (χ4n) is 1.65. The van der Waals surface area contributed by atoms with Gasteiger partial charge < -0.3 is 15.2 Å². The van der Waals surface area contributed by atoms with Crippen LogP contribution in [0.1, 0.15) is 30.7 Å². The van der Waals surface area contributed by atoms with E-state index in [9.17, 15) is 5.11 Å². The molecule has 1 rings (SSSR count). The number of thiophene rings is 1. The van der Waals surface area contributed by atoms with Crippen LogP contribution in [0.5, 0.6) is 0 Å². The Hall–Kier alpha value is -0.420. The Balaban J connectivity index is 2.40. The van der Waals surface area contributed by atoms with Crippen molar-refractivity contribution in [3.8, 4) is 0 Å². The minimum Gasteiger partial charge on any atom is -0.389 e.